The summed E-state index contributed by atoms with van der Waals surface area (Å²) >= 11 is 0. The second-order valence-electron chi connectivity index (χ2n) is 7.60. The maximum absolute atomic E-state index is 7.49. The quantitative estimate of drug-likeness (QED) is 0.322. The van der Waals surface area contributed by atoms with E-state index in [1.165, 1.54) is 19.1 Å². The van der Waals surface area contributed by atoms with Crippen LogP contribution in [0.3, 0.4) is 0 Å². The van der Waals surface area contributed by atoms with E-state index < -0.39 is 0 Å². The maximum Gasteiger partial charge on any atom is 0.132 e. The van der Waals surface area contributed by atoms with Crippen LogP contribution < -0.4 is 22.1 Å². The predicted molar refractivity (Wildman–Crippen MR) is 120 cm³/mol. The Hall–Kier alpha value is -3.35. The number of rotatable bonds is 8. The van der Waals surface area contributed by atoms with Crippen LogP contribution in [0, 0.1) is 17.2 Å². The lowest BCUT2D eigenvalue weighted by atomic mass is 10.0. The molecule has 1 saturated carbocycles. The Balaban J connectivity index is 1.72. The highest BCUT2D eigenvalue weighted by Crippen LogP contribution is 2.29. The molecule has 7 nitrogen and oxygen atoms in total. The fraction of sp³-hybridized carbons (Fsp3) is 0.318. The van der Waals surface area contributed by atoms with Crippen LogP contribution in [0.15, 0.2) is 80.6 Å². The Labute approximate surface area is 172 Å². The average molecular weight is 392 g/mol. The Bertz CT molecular complexity index is 903. The molecule has 3 rings (SSSR count). The van der Waals surface area contributed by atoms with E-state index in [-0.39, 0.29) is 5.92 Å². The first kappa shape index (κ1) is 20.4. The van der Waals surface area contributed by atoms with Gasteiger partial charge in [0.05, 0.1) is 11.4 Å². The minimum atomic E-state index is 0.210. The monoisotopic (exact) mass is 391 g/mol. The van der Waals surface area contributed by atoms with Gasteiger partial charge in [0, 0.05) is 42.5 Å². The third-order valence-corrected chi connectivity index (χ3v) is 4.85. The van der Waals surface area contributed by atoms with Crippen molar-refractivity contribution >= 4 is 18.3 Å². The van der Waals surface area contributed by atoms with Gasteiger partial charge in [-0.1, -0.05) is 13.8 Å². The molecule has 0 aromatic rings. The van der Waals surface area contributed by atoms with Crippen molar-refractivity contribution in [3.05, 3.63) is 70.6 Å². The van der Waals surface area contributed by atoms with Crippen molar-refractivity contribution < 1.29 is 0 Å². The summed E-state index contributed by atoms with van der Waals surface area (Å²) in [5.41, 5.74) is 16.3. The lowest BCUT2D eigenvalue weighted by Crippen LogP contribution is -2.27. The zero-order valence-corrected chi connectivity index (χ0v) is 16.9. The van der Waals surface area contributed by atoms with E-state index in [1.807, 2.05) is 44.5 Å². The van der Waals surface area contributed by atoms with Gasteiger partial charge < -0.3 is 27.5 Å². The third-order valence-electron chi connectivity index (χ3n) is 4.85. The van der Waals surface area contributed by atoms with Crippen LogP contribution in [0.5, 0.6) is 0 Å². The molecule has 3 aliphatic rings. The van der Waals surface area contributed by atoms with Crippen molar-refractivity contribution in [1.29, 1.82) is 5.41 Å². The zero-order valence-electron chi connectivity index (χ0n) is 16.9. The summed E-state index contributed by atoms with van der Waals surface area (Å²) in [6.07, 6.45) is 16.7. The van der Waals surface area contributed by atoms with Crippen LogP contribution in [-0.2, 0) is 0 Å². The summed E-state index contributed by atoms with van der Waals surface area (Å²) in [5.74, 6) is 1.93. The molecule has 0 spiro atoms. The molecule has 0 saturated heterocycles. The third kappa shape index (κ3) is 5.57. The molecular weight excluding hydrogens is 362 g/mol. The maximum atomic E-state index is 7.49. The molecule has 0 aromatic carbocycles. The van der Waals surface area contributed by atoms with Gasteiger partial charge >= 0.3 is 0 Å². The fourth-order valence-corrected chi connectivity index (χ4v) is 2.85. The highest BCUT2D eigenvalue weighted by Gasteiger charge is 2.20. The molecule has 0 unspecified atom stereocenters. The summed E-state index contributed by atoms with van der Waals surface area (Å²) in [4.78, 5) is 8.94. The van der Waals surface area contributed by atoms with Gasteiger partial charge in [-0.3, -0.25) is 4.99 Å². The van der Waals surface area contributed by atoms with Gasteiger partial charge in [0.2, 0.25) is 0 Å². The topological polar surface area (TPSA) is 125 Å². The van der Waals surface area contributed by atoms with Crippen LogP contribution in [0.1, 0.15) is 26.7 Å². The summed E-state index contributed by atoms with van der Waals surface area (Å²) in [6.45, 7) is 4.89. The van der Waals surface area contributed by atoms with Crippen LogP contribution in [0.25, 0.3) is 0 Å². The van der Waals surface area contributed by atoms with Crippen LogP contribution in [0.2, 0.25) is 0 Å². The van der Waals surface area contributed by atoms with Gasteiger partial charge in [-0.05, 0) is 54.6 Å². The Kier molecular flexibility index (Phi) is 6.49. The van der Waals surface area contributed by atoms with E-state index in [0.717, 1.165) is 40.6 Å². The van der Waals surface area contributed by atoms with Crippen molar-refractivity contribution in [1.82, 2.24) is 10.6 Å². The average Bonchev–Trinajstić information content (AvgIpc) is 3.53. The number of dihydropyridines is 2. The highest BCUT2D eigenvalue weighted by atomic mass is 15.1. The molecular formula is C22H29N7. The van der Waals surface area contributed by atoms with Gasteiger partial charge in [-0.2, -0.15) is 0 Å². The van der Waals surface area contributed by atoms with Crippen LogP contribution in [-0.4, -0.2) is 24.8 Å². The predicted octanol–water partition coefficient (Wildman–Crippen LogP) is 2.60. The summed E-state index contributed by atoms with van der Waals surface area (Å²) < 4.78 is 0. The number of hydrogen-bond acceptors (Lipinski definition) is 6. The largest absolute Gasteiger partial charge is 0.404 e. The number of nitrogens with one attached hydrogen (secondary N) is 3. The molecule has 2 heterocycles. The van der Waals surface area contributed by atoms with Gasteiger partial charge in [0.15, 0.2) is 0 Å². The van der Waals surface area contributed by atoms with Crippen molar-refractivity contribution in [2.75, 3.05) is 6.54 Å². The molecule has 0 bridgehead atoms. The summed E-state index contributed by atoms with van der Waals surface area (Å²) in [5, 5.41) is 14.0. The van der Waals surface area contributed by atoms with Crippen molar-refractivity contribution in [2.45, 2.75) is 26.7 Å². The Morgan fingerprint density at radius 2 is 2.10 bits per heavy atom. The molecule has 7 N–H and O–H groups in total. The van der Waals surface area contributed by atoms with E-state index in [0.29, 0.717) is 11.7 Å². The van der Waals surface area contributed by atoms with E-state index >= 15 is 0 Å². The molecule has 1 aliphatic carbocycles. The molecule has 7 heteroatoms. The van der Waals surface area contributed by atoms with Gasteiger partial charge in [-0.15, -0.1) is 0 Å². The molecule has 29 heavy (non-hydrogen) atoms. The number of hydrogen-bond donors (Lipinski definition) is 5. The van der Waals surface area contributed by atoms with Gasteiger partial charge in [0.25, 0.3) is 0 Å². The molecule has 1 fully saturated rings. The molecule has 0 amide bonds. The minimum Gasteiger partial charge on any atom is -0.404 e. The van der Waals surface area contributed by atoms with Crippen molar-refractivity contribution in [2.24, 2.45) is 33.3 Å². The lowest BCUT2D eigenvalue weighted by Gasteiger charge is -2.23. The molecule has 2 aliphatic heterocycles. The lowest BCUT2D eigenvalue weighted by molar-refractivity contribution is 0.806. The fourth-order valence-electron chi connectivity index (χ4n) is 2.85. The van der Waals surface area contributed by atoms with Crippen molar-refractivity contribution in [3.63, 3.8) is 0 Å². The zero-order chi connectivity index (χ0) is 20.8. The number of nitrogens with zero attached hydrogens (tertiary/aromatic N) is 2. The number of allylic oxidation sites excluding steroid dienone is 6. The molecule has 0 aromatic heterocycles. The smallest absolute Gasteiger partial charge is 0.132 e. The van der Waals surface area contributed by atoms with Crippen LogP contribution >= 0.6 is 0 Å². The highest BCUT2D eigenvalue weighted by molar-refractivity contribution is 5.97. The molecule has 0 atom stereocenters. The summed E-state index contributed by atoms with van der Waals surface area (Å²) in [6, 6.07) is 0. The Morgan fingerprint density at radius 3 is 2.76 bits per heavy atom. The Morgan fingerprint density at radius 1 is 1.31 bits per heavy atom. The van der Waals surface area contributed by atoms with Crippen molar-refractivity contribution in [3.8, 4) is 0 Å². The van der Waals surface area contributed by atoms with Gasteiger partial charge in [0.1, 0.15) is 11.7 Å². The van der Waals surface area contributed by atoms with E-state index in [2.05, 4.69) is 20.6 Å². The standard InChI is InChI=1S/C22H29N7/c1-14(2)16(9-23)8-21(25)29-22-6-5-19-20(28-22)7-17(13-27-19)18(10-24)12-26-11-15-3-4-15/h5-10,12-15,23,27-28H,3-4,11,24H2,1-2H3,(H2,25,29). The van der Waals surface area contributed by atoms with Gasteiger partial charge in [-0.25, -0.2) is 4.99 Å². The minimum absolute atomic E-state index is 0.210. The second kappa shape index (κ2) is 9.23. The SMILES string of the molecule is CC(C)C(C=N)=CC(N)=NC1=CC=C2NC=C(C(C=NCC3CC3)=CN)C=C2N1. The van der Waals surface area contributed by atoms with E-state index in [9.17, 15) is 0 Å². The second-order valence-corrected chi connectivity index (χ2v) is 7.60. The van der Waals surface area contributed by atoms with Crippen LogP contribution in [0.4, 0.5) is 0 Å². The number of amidine groups is 1. The number of fused-ring (bicyclic) bond motifs is 1. The molecule has 0 radical (unpaired) electrons. The normalized spacial score (nSPS) is 20.3. The van der Waals surface area contributed by atoms with E-state index in [4.69, 9.17) is 16.9 Å². The summed E-state index contributed by atoms with van der Waals surface area (Å²) in [7, 11) is 0. The molecule has 152 valence electrons. The first-order valence-electron chi connectivity index (χ1n) is 9.86. The number of nitrogens with two attached hydrogens (primary N) is 2. The first-order valence-corrected chi connectivity index (χ1v) is 9.86. The number of aliphatic imine (C=N–C) groups is 2. The first-order chi connectivity index (χ1) is 14.0. The van der Waals surface area contributed by atoms with E-state index in [1.54, 1.807) is 12.3 Å².